The summed E-state index contributed by atoms with van der Waals surface area (Å²) in [7, 11) is -2.34. The number of hydrogen-bond donors (Lipinski definition) is 3. The molecule has 0 spiro atoms. The van der Waals surface area contributed by atoms with Crippen LogP contribution in [0.15, 0.2) is 35.4 Å². The van der Waals surface area contributed by atoms with Crippen molar-refractivity contribution in [2.75, 3.05) is 10.1 Å². The third kappa shape index (κ3) is 3.09. The van der Waals surface area contributed by atoms with Gasteiger partial charge in [-0.3, -0.25) is 25.4 Å². The van der Waals surface area contributed by atoms with E-state index in [4.69, 9.17) is 5.84 Å². The Balaban J connectivity index is 2.42. The molecule has 2 rings (SSSR count). The lowest BCUT2D eigenvalue weighted by molar-refractivity contribution is -0.384. The van der Waals surface area contributed by atoms with Crippen LogP contribution in [0.2, 0.25) is 0 Å². The highest BCUT2D eigenvalue weighted by molar-refractivity contribution is 7.92. The molecular weight excluding hydrogens is 300 g/mol. The Hall–Kier alpha value is -2.66. The number of hydrazine groups is 1. The molecule has 0 amide bonds. The van der Waals surface area contributed by atoms with E-state index in [0.717, 1.165) is 18.2 Å². The van der Waals surface area contributed by atoms with Crippen LogP contribution in [0.25, 0.3) is 0 Å². The molecule has 0 atom stereocenters. The zero-order valence-electron chi connectivity index (χ0n) is 10.8. The Labute approximate surface area is 119 Å². The molecule has 21 heavy (non-hydrogen) atoms. The molecule has 112 valence electrons. The van der Waals surface area contributed by atoms with E-state index in [1.807, 2.05) is 0 Å². The Morgan fingerprint density at radius 1 is 1.38 bits per heavy atom. The van der Waals surface area contributed by atoms with Crippen molar-refractivity contribution in [1.82, 2.24) is 9.78 Å². The van der Waals surface area contributed by atoms with Crippen molar-refractivity contribution in [3.63, 3.8) is 0 Å². The number of nitrogens with two attached hydrogens (primary N) is 1. The van der Waals surface area contributed by atoms with E-state index >= 15 is 0 Å². The zero-order valence-corrected chi connectivity index (χ0v) is 11.7. The van der Waals surface area contributed by atoms with Crippen LogP contribution in [0.1, 0.15) is 0 Å². The second-order valence-electron chi connectivity index (χ2n) is 4.06. The van der Waals surface area contributed by atoms with Crippen molar-refractivity contribution in [3.8, 4) is 0 Å². The smallest absolute Gasteiger partial charge is 0.271 e. The number of nitrogens with one attached hydrogen (secondary N) is 2. The third-order valence-electron chi connectivity index (χ3n) is 2.57. The summed E-state index contributed by atoms with van der Waals surface area (Å²) in [6, 6.07) is 4.68. The lowest BCUT2D eigenvalue weighted by atomic mass is 10.3. The van der Waals surface area contributed by atoms with E-state index in [2.05, 4.69) is 15.2 Å². The number of nitro benzene ring substituents is 1. The molecule has 0 fully saturated rings. The molecule has 4 N–H and O–H groups in total. The van der Waals surface area contributed by atoms with E-state index in [1.165, 1.54) is 10.7 Å². The van der Waals surface area contributed by atoms with Gasteiger partial charge in [-0.25, -0.2) is 8.42 Å². The Kier molecular flexibility index (Phi) is 3.78. The normalized spacial score (nSPS) is 11.1. The first-order chi connectivity index (χ1) is 9.83. The molecule has 1 heterocycles. The summed E-state index contributed by atoms with van der Waals surface area (Å²) in [5.41, 5.74) is 1.77. The molecule has 0 aliphatic rings. The lowest BCUT2D eigenvalue weighted by Crippen LogP contribution is -2.18. The Morgan fingerprint density at radius 3 is 2.62 bits per heavy atom. The zero-order chi connectivity index (χ0) is 15.6. The highest BCUT2D eigenvalue weighted by atomic mass is 32.2. The van der Waals surface area contributed by atoms with Gasteiger partial charge in [-0.2, -0.15) is 5.10 Å². The van der Waals surface area contributed by atoms with E-state index in [-0.39, 0.29) is 22.1 Å². The van der Waals surface area contributed by atoms with Gasteiger partial charge in [-0.05, 0) is 6.07 Å². The summed E-state index contributed by atoms with van der Waals surface area (Å²) in [6.45, 7) is 0. The number of rotatable bonds is 5. The van der Waals surface area contributed by atoms with E-state index in [1.54, 1.807) is 13.2 Å². The molecule has 2 aromatic rings. The summed E-state index contributed by atoms with van der Waals surface area (Å²) in [6.07, 6.45) is 1.57. The number of sulfonamides is 1. The summed E-state index contributed by atoms with van der Waals surface area (Å²) >= 11 is 0. The maximum absolute atomic E-state index is 12.2. The van der Waals surface area contributed by atoms with E-state index in [9.17, 15) is 18.5 Å². The molecular formula is C10H12N6O4S. The van der Waals surface area contributed by atoms with Gasteiger partial charge in [0.1, 0.15) is 4.90 Å². The van der Waals surface area contributed by atoms with Gasteiger partial charge in [0.15, 0.2) is 5.82 Å². The lowest BCUT2D eigenvalue weighted by Gasteiger charge is -2.10. The molecule has 0 unspecified atom stereocenters. The number of benzene rings is 1. The SMILES string of the molecule is Cn1ccc(NS(=O)(=O)c2ccc([N+](=O)[O-])cc2NN)n1. The van der Waals surface area contributed by atoms with Crippen molar-refractivity contribution in [2.45, 2.75) is 4.90 Å². The maximum Gasteiger partial charge on any atom is 0.271 e. The third-order valence-corrected chi connectivity index (χ3v) is 3.98. The second-order valence-corrected chi connectivity index (χ2v) is 5.71. The molecule has 0 aliphatic carbocycles. The molecule has 0 bridgehead atoms. The minimum Gasteiger partial charge on any atom is -0.323 e. The van der Waals surface area contributed by atoms with Crippen LogP contribution >= 0.6 is 0 Å². The van der Waals surface area contributed by atoms with Crippen LogP contribution in [-0.2, 0) is 17.1 Å². The van der Waals surface area contributed by atoms with Gasteiger partial charge < -0.3 is 5.43 Å². The van der Waals surface area contributed by atoms with Gasteiger partial charge in [0.25, 0.3) is 15.7 Å². The fraction of sp³-hybridized carbons (Fsp3) is 0.100. The van der Waals surface area contributed by atoms with Crippen LogP contribution in [0.5, 0.6) is 0 Å². The molecule has 10 nitrogen and oxygen atoms in total. The number of aryl methyl sites for hydroxylation is 1. The summed E-state index contributed by atoms with van der Waals surface area (Å²) < 4.78 is 28.2. The predicted octanol–water partition coefficient (Wildman–Crippen LogP) is 0.415. The van der Waals surface area contributed by atoms with Gasteiger partial charge in [0.05, 0.1) is 10.6 Å². The number of nitro groups is 1. The van der Waals surface area contributed by atoms with Crippen LogP contribution in [0.3, 0.4) is 0 Å². The van der Waals surface area contributed by atoms with Crippen LogP contribution < -0.4 is 16.0 Å². The van der Waals surface area contributed by atoms with Gasteiger partial charge in [0, 0.05) is 31.4 Å². The average molecular weight is 312 g/mol. The monoisotopic (exact) mass is 312 g/mol. The number of nitrogens with zero attached hydrogens (tertiary/aromatic N) is 3. The molecule has 11 heteroatoms. The number of nitrogen functional groups attached to an aromatic ring is 1. The van der Waals surface area contributed by atoms with Crippen molar-refractivity contribution in [2.24, 2.45) is 12.9 Å². The van der Waals surface area contributed by atoms with Crippen molar-refractivity contribution in [1.29, 1.82) is 0 Å². The average Bonchev–Trinajstić information content (AvgIpc) is 2.82. The molecule has 1 aromatic carbocycles. The minimum absolute atomic E-state index is 0.0902. The van der Waals surface area contributed by atoms with Crippen LogP contribution in [0.4, 0.5) is 17.2 Å². The molecule has 0 radical (unpaired) electrons. The fourth-order valence-electron chi connectivity index (χ4n) is 1.64. The number of aromatic nitrogens is 2. The van der Waals surface area contributed by atoms with E-state index in [0.29, 0.717) is 0 Å². The number of anilines is 2. The van der Waals surface area contributed by atoms with Crippen molar-refractivity contribution < 1.29 is 13.3 Å². The predicted molar refractivity (Wildman–Crippen MR) is 74.9 cm³/mol. The Bertz CT molecular complexity index is 785. The van der Waals surface area contributed by atoms with E-state index < -0.39 is 14.9 Å². The second kappa shape index (κ2) is 5.38. The number of non-ortho nitro benzene ring substituents is 1. The highest BCUT2D eigenvalue weighted by Gasteiger charge is 2.22. The maximum atomic E-state index is 12.2. The summed E-state index contributed by atoms with van der Waals surface area (Å²) in [5.74, 6) is 5.35. The van der Waals surface area contributed by atoms with Gasteiger partial charge in [0.2, 0.25) is 0 Å². The fourth-order valence-corrected chi connectivity index (χ4v) is 2.79. The minimum atomic E-state index is -3.98. The quantitative estimate of drug-likeness (QED) is 0.412. The first-order valence-corrected chi connectivity index (χ1v) is 7.09. The topological polar surface area (TPSA) is 145 Å². The molecule has 0 saturated heterocycles. The van der Waals surface area contributed by atoms with Crippen LogP contribution in [0, 0.1) is 10.1 Å². The standard InChI is InChI=1S/C10H12N6O4S/c1-15-5-4-10(13-15)14-21(19,20)9-3-2-7(16(17)18)6-8(9)12-11/h2-6,12H,11H2,1H3,(H,13,14). The van der Waals surface area contributed by atoms with Crippen LogP contribution in [-0.4, -0.2) is 23.1 Å². The van der Waals surface area contributed by atoms with Crippen molar-refractivity contribution >= 4 is 27.2 Å². The number of hydrogen-bond acceptors (Lipinski definition) is 7. The Morgan fingerprint density at radius 2 is 2.10 bits per heavy atom. The first kappa shape index (κ1) is 14.7. The summed E-state index contributed by atoms with van der Waals surface area (Å²) in [5, 5.41) is 14.6. The van der Waals surface area contributed by atoms with Gasteiger partial charge in [-0.1, -0.05) is 0 Å². The first-order valence-electron chi connectivity index (χ1n) is 5.61. The largest absolute Gasteiger partial charge is 0.323 e. The van der Waals surface area contributed by atoms with Crippen molar-refractivity contribution in [3.05, 3.63) is 40.6 Å². The molecule has 1 aromatic heterocycles. The molecule has 0 saturated carbocycles. The van der Waals surface area contributed by atoms with Gasteiger partial charge in [-0.15, -0.1) is 0 Å². The summed E-state index contributed by atoms with van der Waals surface area (Å²) in [4.78, 5) is 9.81. The van der Waals surface area contributed by atoms with Gasteiger partial charge >= 0.3 is 0 Å². The molecule has 0 aliphatic heterocycles. The highest BCUT2D eigenvalue weighted by Crippen LogP contribution is 2.27.